The second-order valence-electron chi connectivity index (χ2n) is 3.77. The van der Waals surface area contributed by atoms with Crippen LogP contribution in [0, 0.1) is 0 Å². The minimum Gasteiger partial charge on any atom is -0.382 e. The number of morpholine rings is 1. The molecule has 8 heteroatoms. The van der Waals surface area contributed by atoms with E-state index < -0.39 is 0 Å². The third kappa shape index (κ3) is 2.99. The number of nitrogens with one attached hydrogen (secondary N) is 1. The van der Waals surface area contributed by atoms with Crippen molar-refractivity contribution in [3.8, 4) is 0 Å². The normalized spacial score (nSPS) is 15.5. The van der Waals surface area contributed by atoms with Gasteiger partial charge >= 0.3 is 0 Å². The van der Waals surface area contributed by atoms with Gasteiger partial charge in [-0.3, -0.25) is 4.79 Å². The van der Waals surface area contributed by atoms with Gasteiger partial charge in [-0.25, -0.2) is 9.97 Å². The molecule has 0 aliphatic carbocycles. The van der Waals surface area contributed by atoms with Crippen LogP contribution in [0.15, 0.2) is 6.33 Å². The number of aromatic nitrogens is 2. The van der Waals surface area contributed by atoms with Crippen LogP contribution in [0.3, 0.4) is 0 Å². The topological polar surface area (TPSA) is 93.4 Å². The Morgan fingerprint density at radius 1 is 1.50 bits per heavy atom. The number of rotatable bonds is 3. The van der Waals surface area contributed by atoms with Crippen LogP contribution in [0.5, 0.6) is 0 Å². The van der Waals surface area contributed by atoms with Crippen molar-refractivity contribution < 1.29 is 9.53 Å². The van der Waals surface area contributed by atoms with Gasteiger partial charge in [0.05, 0.1) is 19.8 Å². The van der Waals surface area contributed by atoms with Crippen LogP contribution >= 0.6 is 11.6 Å². The second-order valence-corrected chi connectivity index (χ2v) is 4.15. The van der Waals surface area contributed by atoms with E-state index in [1.807, 2.05) is 0 Å². The first-order chi connectivity index (χ1) is 8.68. The number of halogens is 1. The van der Waals surface area contributed by atoms with Crippen molar-refractivity contribution >= 4 is 29.1 Å². The number of nitrogens with zero attached hydrogens (tertiary/aromatic N) is 3. The molecule has 0 spiro atoms. The maximum atomic E-state index is 11.9. The van der Waals surface area contributed by atoms with E-state index in [1.54, 1.807) is 4.90 Å². The quantitative estimate of drug-likeness (QED) is 0.803. The Hall–Kier alpha value is -1.60. The zero-order valence-electron chi connectivity index (χ0n) is 9.73. The Balaban J connectivity index is 1.90. The maximum Gasteiger partial charge on any atom is 0.242 e. The lowest BCUT2D eigenvalue weighted by Crippen LogP contribution is -2.43. The molecule has 1 aliphatic heterocycles. The Morgan fingerprint density at radius 2 is 2.22 bits per heavy atom. The molecule has 2 heterocycles. The molecule has 98 valence electrons. The molecule has 18 heavy (non-hydrogen) atoms. The average molecular weight is 272 g/mol. The fraction of sp³-hybridized carbons (Fsp3) is 0.500. The predicted octanol–water partition coefficient (Wildman–Crippen LogP) is -0.0171. The molecular formula is C10H14ClN5O2. The molecule has 0 unspecified atom stereocenters. The van der Waals surface area contributed by atoms with E-state index in [9.17, 15) is 4.79 Å². The number of hydrogen-bond donors (Lipinski definition) is 2. The second kappa shape index (κ2) is 5.83. The van der Waals surface area contributed by atoms with Crippen molar-refractivity contribution in [3.05, 3.63) is 11.3 Å². The Labute approximate surface area is 109 Å². The first-order valence-electron chi connectivity index (χ1n) is 5.54. The summed E-state index contributed by atoms with van der Waals surface area (Å²) in [6.45, 7) is 2.50. The van der Waals surface area contributed by atoms with E-state index in [4.69, 9.17) is 22.1 Å². The van der Waals surface area contributed by atoms with Crippen molar-refractivity contribution in [1.82, 2.24) is 14.9 Å². The molecule has 3 N–H and O–H groups in total. The van der Waals surface area contributed by atoms with Gasteiger partial charge in [-0.2, -0.15) is 0 Å². The molecular weight excluding hydrogens is 258 g/mol. The van der Waals surface area contributed by atoms with Crippen LogP contribution in [0.25, 0.3) is 0 Å². The number of carbonyl (C=O) groups excluding carboxylic acids is 1. The molecule has 1 saturated heterocycles. The van der Waals surface area contributed by atoms with Crippen molar-refractivity contribution in [2.75, 3.05) is 43.9 Å². The van der Waals surface area contributed by atoms with E-state index >= 15 is 0 Å². The first-order valence-corrected chi connectivity index (χ1v) is 5.91. The van der Waals surface area contributed by atoms with Gasteiger partial charge < -0.3 is 20.7 Å². The van der Waals surface area contributed by atoms with Gasteiger partial charge in [0, 0.05) is 13.1 Å². The SMILES string of the molecule is Nc1ncnc(NCC(=O)N2CCOCC2)c1Cl. The summed E-state index contributed by atoms with van der Waals surface area (Å²) in [5, 5.41) is 3.08. The number of anilines is 2. The summed E-state index contributed by atoms with van der Waals surface area (Å²) in [4.78, 5) is 21.3. The minimum absolute atomic E-state index is 0.0217. The van der Waals surface area contributed by atoms with Crippen molar-refractivity contribution in [2.45, 2.75) is 0 Å². The summed E-state index contributed by atoms with van der Waals surface area (Å²) in [6.07, 6.45) is 1.29. The molecule has 1 fully saturated rings. The number of hydrogen-bond acceptors (Lipinski definition) is 6. The van der Waals surface area contributed by atoms with Crippen LogP contribution in [0.4, 0.5) is 11.6 Å². The van der Waals surface area contributed by atoms with Crippen molar-refractivity contribution in [1.29, 1.82) is 0 Å². The fourth-order valence-electron chi connectivity index (χ4n) is 1.59. The highest BCUT2D eigenvalue weighted by Crippen LogP contribution is 2.22. The predicted molar refractivity (Wildman–Crippen MR) is 67.3 cm³/mol. The standard InChI is InChI=1S/C10H14ClN5O2/c11-8-9(12)14-6-15-10(8)13-5-7(17)16-1-3-18-4-2-16/h6H,1-5H2,(H3,12,13,14,15). The summed E-state index contributed by atoms with van der Waals surface area (Å²) in [5.41, 5.74) is 5.53. The maximum absolute atomic E-state index is 11.9. The van der Waals surface area contributed by atoms with E-state index in [0.29, 0.717) is 32.1 Å². The van der Waals surface area contributed by atoms with Crippen LogP contribution in [-0.2, 0) is 9.53 Å². The smallest absolute Gasteiger partial charge is 0.242 e. The summed E-state index contributed by atoms with van der Waals surface area (Å²) in [7, 11) is 0. The fourth-order valence-corrected chi connectivity index (χ4v) is 1.76. The highest BCUT2D eigenvalue weighted by molar-refractivity contribution is 6.35. The molecule has 0 aromatic carbocycles. The lowest BCUT2D eigenvalue weighted by Gasteiger charge is -2.27. The monoisotopic (exact) mass is 271 g/mol. The largest absolute Gasteiger partial charge is 0.382 e. The van der Waals surface area contributed by atoms with Crippen molar-refractivity contribution in [2.24, 2.45) is 0 Å². The average Bonchev–Trinajstić information content (AvgIpc) is 2.41. The Morgan fingerprint density at radius 3 is 2.94 bits per heavy atom. The van der Waals surface area contributed by atoms with Gasteiger partial charge in [0.25, 0.3) is 0 Å². The van der Waals surface area contributed by atoms with Gasteiger partial charge in [-0.05, 0) is 0 Å². The Kier molecular flexibility index (Phi) is 4.16. The first kappa shape index (κ1) is 12.8. The zero-order valence-corrected chi connectivity index (χ0v) is 10.5. The summed E-state index contributed by atoms with van der Waals surface area (Å²) in [6, 6.07) is 0. The molecule has 1 amide bonds. The van der Waals surface area contributed by atoms with Crippen LogP contribution < -0.4 is 11.1 Å². The number of nitrogens with two attached hydrogens (primary N) is 1. The molecule has 1 aromatic rings. The minimum atomic E-state index is -0.0217. The third-order valence-corrected chi connectivity index (χ3v) is 2.96. The molecule has 2 rings (SSSR count). The number of ether oxygens (including phenoxy) is 1. The lowest BCUT2D eigenvalue weighted by molar-refractivity contribution is -0.133. The van der Waals surface area contributed by atoms with Crippen LogP contribution in [0.1, 0.15) is 0 Å². The van der Waals surface area contributed by atoms with E-state index in [2.05, 4.69) is 15.3 Å². The number of nitrogen functional groups attached to an aromatic ring is 1. The molecule has 1 aromatic heterocycles. The van der Waals surface area contributed by atoms with Crippen molar-refractivity contribution in [3.63, 3.8) is 0 Å². The van der Waals surface area contributed by atoms with Gasteiger partial charge in [0.1, 0.15) is 17.2 Å². The number of carbonyl (C=O) groups is 1. The van der Waals surface area contributed by atoms with Gasteiger partial charge in [-0.15, -0.1) is 0 Å². The molecule has 0 bridgehead atoms. The van der Waals surface area contributed by atoms with E-state index in [-0.39, 0.29) is 23.3 Å². The lowest BCUT2D eigenvalue weighted by atomic mass is 10.4. The van der Waals surface area contributed by atoms with Gasteiger partial charge in [0.2, 0.25) is 5.91 Å². The Bertz CT molecular complexity index is 436. The zero-order chi connectivity index (χ0) is 13.0. The van der Waals surface area contributed by atoms with Crippen LogP contribution in [0.2, 0.25) is 5.02 Å². The highest BCUT2D eigenvalue weighted by Gasteiger charge is 2.17. The van der Waals surface area contributed by atoms with E-state index in [1.165, 1.54) is 6.33 Å². The molecule has 7 nitrogen and oxygen atoms in total. The van der Waals surface area contributed by atoms with Gasteiger partial charge in [-0.1, -0.05) is 11.6 Å². The van der Waals surface area contributed by atoms with Gasteiger partial charge in [0.15, 0.2) is 5.82 Å². The number of amides is 1. The summed E-state index contributed by atoms with van der Waals surface area (Å²) in [5.74, 6) is 0.533. The highest BCUT2D eigenvalue weighted by atomic mass is 35.5. The molecule has 0 radical (unpaired) electrons. The summed E-state index contributed by atoms with van der Waals surface area (Å²) >= 11 is 5.91. The molecule has 0 saturated carbocycles. The van der Waals surface area contributed by atoms with Crippen LogP contribution in [-0.4, -0.2) is 53.6 Å². The summed E-state index contributed by atoms with van der Waals surface area (Å²) < 4.78 is 5.17. The van der Waals surface area contributed by atoms with E-state index in [0.717, 1.165) is 0 Å². The third-order valence-electron chi connectivity index (χ3n) is 2.59. The molecule has 1 aliphatic rings. The molecule has 0 atom stereocenters.